The number of aromatic nitrogens is 1. The molecule has 0 unspecified atom stereocenters. The third-order valence-electron chi connectivity index (χ3n) is 6.11. The molecule has 0 atom stereocenters. The summed E-state index contributed by atoms with van der Waals surface area (Å²) in [5, 5.41) is 2.94. The number of ether oxygens (including phenoxy) is 3. The molecule has 1 amide bonds. The Morgan fingerprint density at radius 3 is 2.26 bits per heavy atom. The van der Waals surface area contributed by atoms with E-state index >= 15 is 0 Å². The molecule has 0 fully saturated rings. The summed E-state index contributed by atoms with van der Waals surface area (Å²) < 4.78 is 16.7. The van der Waals surface area contributed by atoms with E-state index in [2.05, 4.69) is 43.4 Å². The molecule has 0 radical (unpaired) electrons. The standard InChI is InChI=1S/C32H40N2O5/c1-20(2)17-27-25(18-33-31(36)39-32(5,6)7)29(23-15-13-21(3)14-16-23)26(22(4)34-27)19-38-28-12-10-9-11-24(28)30(35)37-8/h9-16,20H,17-19H2,1-8H3,(H,33,36). The zero-order chi connectivity index (χ0) is 28.7. The lowest BCUT2D eigenvalue weighted by Crippen LogP contribution is -2.32. The van der Waals surface area contributed by atoms with Crippen molar-refractivity contribution >= 4 is 12.1 Å². The minimum absolute atomic E-state index is 0.178. The highest BCUT2D eigenvalue weighted by Gasteiger charge is 2.23. The van der Waals surface area contributed by atoms with Crippen LogP contribution < -0.4 is 10.1 Å². The Hall–Kier alpha value is -3.87. The molecule has 208 valence electrons. The molecule has 0 bridgehead atoms. The number of methoxy groups -OCH3 is 1. The van der Waals surface area contributed by atoms with Crippen molar-refractivity contribution in [1.29, 1.82) is 0 Å². The number of carbonyl (C=O) groups excluding carboxylic acids is 2. The Labute approximate surface area is 231 Å². The lowest BCUT2D eigenvalue weighted by atomic mass is 9.90. The molecular weight excluding hydrogens is 492 g/mol. The van der Waals surface area contributed by atoms with Gasteiger partial charge in [0.2, 0.25) is 0 Å². The van der Waals surface area contributed by atoms with Crippen LogP contribution in [-0.2, 0) is 29.0 Å². The minimum atomic E-state index is -0.609. The van der Waals surface area contributed by atoms with Gasteiger partial charge in [0.1, 0.15) is 23.5 Å². The first-order chi connectivity index (χ1) is 18.4. The number of carbonyl (C=O) groups is 2. The Balaban J connectivity index is 2.13. The SMILES string of the molecule is COC(=O)c1ccccc1OCc1c(C)nc(CC(C)C)c(CNC(=O)OC(C)(C)C)c1-c1ccc(C)cc1. The molecule has 0 saturated heterocycles. The fourth-order valence-electron chi connectivity index (χ4n) is 4.33. The van der Waals surface area contributed by atoms with Crippen LogP contribution in [0.2, 0.25) is 0 Å². The number of rotatable bonds is 9. The summed E-state index contributed by atoms with van der Waals surface area (Å²) in [7, 11) is 1.35. The second-order valence-corrected chi connectivity index (χ2v) is 11.1. The average Bonchev–Trinajstić information content (AvgIpc) is 2.86. The van der Waals surface area contributed by atoms with Crippen molar-refractivity contribution in [2.24, 2.45) is 5.92 Å². The third kappa shape index (κ3) is 8.06. The van der Waals surface area contributed by atoms with Crippen LogP contribution in [0, 0.1) is 19.8 Å². The Morgan fingerprint density at radius 1 is 0.974 bits per heavy atom. The van der Waals surface area contributed by atoms with Crippen molar-refractivity contribution in [3.05, 3.63) is 82.2 Å². The number of hydrogen-bond acceptors (Lipinski definition) is 6. The summed E-state index contributed by atoms with van der Waals surface area (Å²) in [6, 6.07) is 15.3. The molecule has 0 saturated carbocycles. The monoisotopic (exact) mass is 532 g/mol. The molecule has 1 N–H and O–H groups in total. The number of nitrogens with zero attached hydrogens (tertiary/aromatic N) is 1. The summed E-state index contributed by atoms with van der Waals surface area (Å²) in [4.78, 5) is 29.9. The van der Waals surface area contributed by atoms with E-state index in [9.17, 15) is 9.59 Å². The number of benzene rings is 2. The van der Waals surface area contributed by atoms with Crippen molar-refractivity contribution in [2.75, 3.05) is 7.11 Å². The van der Waals surface area contributed by atoms with Gasteiger partial charge in [0.15, 0.2) is 0 Å². The smallest absolute Gasteiger partial charge is 0.407 e. The zero-order valence-electron chi connectivity index (χ0n) is 24.3. The largest absolute Gasteiger partial charge is 0.488 e. The van der Waals surface area contributed by atoms with E-state index in [1.165, 1.54) is 7.11 Å². The molecule has 0 aliphatic carbocycles. The molecule has 7 nitrogen and oxygen atoms in total. The Morgan fingerprint density at radius 2 is 1.64 bits per heavy atom. The lowest BCUT2D eigenvalue weighted by molar-refractivity contribution is 0.0522. The summed E-state index contributed by atoms with van der Waals surface area (Å²) in [5.74, 6) is 0.323. The first-order valence-corrected chi connectivity index (χ1v) is 13.2. The lowest BCUT2D eigenvalue weighted by Gasteiger charge is -2.24. The van der Waals surface area contributed by atoms with Crippen molar-refractivity contribution in [3.63, 3.8) is 0 Å². The van der Waals surface area contributed by atoms with Crippen LogP contribution in [0.3, 0.4) is 0 Å². The van der Waals surface area contributed by atoms with Gasteiger partial charge in [-0.05, 0) is 70.2 Å². The van der Waals surface area contributed by atoms with Crippen LogP contribution in [0.1, 0.15) is 73.1 Å². The van der Waals surface area contributed by atoms with E-state index in [-0.39, 0.29) is 13.2 Å². The summed E-state index contributed by atoms with van der Waals surface area (Å²) in [5.41, 5.74) is 6.40. The summed E-state index contributed by atoms with van der Waals surface area (Å²) in [6.45, 7) is 14.2. The Kier molecular flexibility index (Phi) is 9.73. The normalized spacial score (nSPS) is 11.3. The first-order valence-electron chi connectivity index (χ1n) is 13.2. The molecular formula is C32H40N2O5. The van der Waals surface area contributed by atoms with Gasteiger partial charge >= 0.3 is 12.1 Å². The molecule has 2 aromatic carbocycles. The highest BCUT2D eigenvalue weighted by Crippen LogP contribution is 2.34. The van der Waals surface area contributed by atoms with Crippen LogP contribution >= 0.6 is 0 Å². The number of amides is 1. The van der Waals surface area contributed by atoms with E-state index in [0.717, 1.165) is 45.6 Å². The number of nitrogens with one attached hydrogen (secondary N) is 1. The quantitative estimate of drug-likeness (QED) is 0.300. The van der Waals surface area contributed by atoms with E-state index in [0.29, 0.717) is 17.2 Å². The predicted molar refractivity (Wildman–Crippen MR) is 153 cm³/mol. The molecule has 7 heteroatoms. The number of pyridine rings is 1. The Bertz CT molecular complexity index is 1310. The number of esters is 1. The van der Waals surface area contributed by atoms with Gasteiger partial charge < -0.3 is 19.5 Å². The average molecular weight is 533 g/mol. The minimum Gasteiger partial charge on any atom is -0.488 e. The number of alkyl carbamates (subject to hydrolysis) is 1. The van der Waals surface area contributed by atoms with Crippen LogP contribution in [0.25, 0.3) is 11.1 Å². The van der Waals surface area contributed by atoms with Gasteiger partial charge in [0.25, 0.3) is 0 Å². The maximum Gasteiger partial charge on any atom is 0.407 e. The van der Waals surface area contributed by atoms with Crippen molar-refractivity contribution in [2.45, 2.75) is 73.6 Å². The molecule has 0 aliphatic heterocycles. The molecule has 3 aromatic rings. The second kappa shape index (κ2) is 12.8. The van der Waals surface area contributed by atoms with Crippen molar-refractivity contribution in [1.82, 2.24) is 10.3 Å². The molecule has 1 heterocycles. The fourth-order valence-corrected chi connectivity index (χ4v) is 4.33. The maximum absolute atomic E-state index is 12.6. The second-order valence-electron chi connectivity index (χ2n) is 11.1. The van der Waals surface area contributed by atoms with E-state index in [1.54, 1.807) is 18.2 Å². The molecule has 1 aromatic heterocycles. The van der Waals surface area contributed by atoms with Gasteiger partial charge in [0, 0.05) is 29.1 Å². The first kappa shape index (κ1) is 29.7. The molecule has 0 spiro atoms. The van der Waals surface area contributed by atoms with E-state index in [1.807, 2.05) is 40.7 Å². The number of para-hydroxylation sites is 1. The summed E-state index contributed by atoms with van der Waals surface area (Å²) >= 11 is 0. The van der Waals surface area contributed by atoms with Gasteiger partial charge in [-0.25, -0.2) is 9.59 Å². The van der Waals surface area contributed by atoms with E-state index < -0.39 is 17.7 Å². The highest BCUT2D eigenvalue weighted by molar-refractivity contribution is 5.92. The topological polar surface area (TPSA) is 86.8 Å². The van der Waals surface area contributed by atoms with Gasteiger partial charge in [-0.1, -0.05) is 55.8 Å². The highest BCUT2D eigenvalue weighted by atomic mass is 16.6. The van der Waals surface area contributed by atoms with Crippen LogP contribution in [0.15, 0.2) is 48.5 Å². The molecule has 3 rings (SSSR count). The van der Waals surface area contributed by atoms with Gasteiger partial charge in [-0.15, -0.1) is 0 Å². The predicted octanol–water partition coefficient (Wildman–Crippen LogP) is 6.95. The maximum atomic E-state index is 12.6. The van der Waals surface area contributed by atoms with Crippen molar-refractivity contribution < 1.29 is 23.8 Å². The zero-order valence-corrected chi connectivity index (χ0v) is 24.3. The van der Waals surface area contributed by atoms with E-state index in [4.69, 9.17) is 19.2 Å². The van der Waals surface area contributed by atoms with Crippen LogP contribution in [-0.4, -0.2) is 29.8 Å². The third-order valence-corrected chi connectivity index (χ3v) is 6.11. The van der Waals surface area contributed by atoms with Gasteiger partial charge in [-0.2, -0.15) is 0 Å². The van der Waals surface area contributed by atoms with Gasteiger partial charge in [-0.3, -0.25) is 4.98 Å². The van der Waals surface area contributed by atoms with Crippen LogP contribution in [0.5, 0.6) is 5.75 Å². The fraction of sp³-hybridized carbons (Fsp3) is 0.406. The molecule has 0 aliphatic rings. The van der Waals surface area contributed by atoms with Crippen molar-refractivity contribution in [3.8, 4) is 16.9 Å². The van der Waals surface area contributed by atoms with Gasteiger partial charge in [0.05, 0.1) is 7.11 Å². The summed E-state index contributed by atoms with van der Waals surface area (Å²) in [6.07, 6.45) is 0.260. The molecule has 39 heavy (non-hydrogen) atoms. The van der Waals surface area contributed by atoms with Crippen LogP contribution in [0.4, 0.5) is 4.79 Å². The number of hydrogen-bond donors (Lipinski definition) is 1. The number of aryl methyl sites for hydroxylation is 2.